The van der Waals surface area contributed by atoms with E-state index in [1.54, 1.807) is 6.92 Å². The van der Waals surface area contributed by atoms with Gasteiger partial charge in [0.05, 0.1) is 6.61 Å². The Morgan fingerprint density at radius 2 is 2.12 bits per heavy atom. The molecule has 2 nitrogen and oxygen atoms in total. The molecule has 0 bridgehead atoms. The maximum absolute atomic E-state index is 14.7. The molecule has 1 fully saturated rings. The third-order valence-corrected chi connectivity index (χ3v) is 3.65. The molecule has 17 heavy (non-hydrogen) atoms. The summed E-state index contributed by atoms with van der Waals surface area (Å²) >= 11 is 0. The fourth-order valence-electron chi connectivity index (χ4n) is 2.36. The molecule has 1 saturated heterocycles. The van der Waals surface area contributed by atoms with Crippen LogP contribution in [0.3, 0.4) is 0 Å². The number of benzene rings is 1. The van der Waals surface area contributed by atoms with Crippen molar-refractivity contribution in [3.8, 4) is 0 Å². The van der Waals surface area contributed by atoms with E-state index in [0.717, 1.165) is 24.0 Å². The summed E-state index contributed by atoms with van der Waals surface area (Å²) < 4.78 is 20.0. The Labute approximate surface area is 102 Å². The monoisotopic (exact) mass is 237 g/mol. The number of ether oxygens (including phenoxy) is 1. The first-order valence-corrected chi connectivity index (χ1v) is 6.20. The first-order valence-electron chi connectivity index (χ1n) is 6.20. The minimum atomic E-state index is -1.29. The van der Waals surface area contributed by atoms with Gasteiger partial charge in [-0.05, 0) is 37.4 Å². The lowest BCUT2D eigenvalue weighted by molar-refractivity contribution is 0.0824. The van der Waals surface area contributed by atoms with Crippen LogP contribution < -0.4 is 5.73 Å². The summed E-state index contributed by atoms with van der Waals surface area (Å²) in [6.07, 6.45) is 1.65. The second kappa shape index (κ2) is 5.15. The number of alkyl halides is 1. The molecule has 1 aliphatic heterocycles. The van der Waals surface area contributed by atoms with Gasteiger partial charge in [-0.15, -0.1) is 0 Å². The smallest absolute Gasteiger partial charge is 0.138 e. The van der Waals surface area contributed by atoms with Gasteiger partial charge in [-0.3, -0.25) is 0 Å². The van der Waals surface area contributed by atoms with E-state index in [4.69, 9.17) is 10.5 Å². The van der Waals surface area contributed by atoms with Crippen LogP contribution in [0, 0.1) is 5.92 Å². The molecule has 2 unspecified atom stereocenters. The zero-order chi connectivity index (χ0) is 12.3. The molecular weight excluding hydrogens is 217 g/mol. The summed E-state index contributed by atoms with van der Waals surface area (Å²) in [5.41, 5.74) is 6.11. The molecule has 0 amide bonds. The van der Waals surface area contributed by atoms with Crippen LogP contribution >= 0.6 is 0 Å². The Kier molecular flexibility index (Phi) is 3.79. The van der Waals surface area contributed by atoms with Gasteiger partial charge in [-0.25, -0.2) is 4.39 Å². The highest BCUT2D eigenvalue weighted by molar-refractivity contribution is 5.28. The number of rotatable bonds is 4. The van der Waals surface area contributed by atoms with Crippen molar-refractivity contribution in [1.82, 2.24) is 0 Å². The largest absolute Gasteiger partial charge is 0.381 e. The van der Waals surface area contributed by atoms with E-state index >= 15 is 0 Å². The van der Waals surface area contributed by atoms with Crippen LogP contribution in [-0.2, 0) is 16.8 Å². The van der Waals surface area contributed by atoms with E-state index in [1.807, 2.05) is 24.3 Å². The van der Waals surface area contributed by atoms with Crippen molar-refractivity contribution in [3.05, 3.63) is 35.4 Å². The summed E-state index contributed by atoms with van der Waals surface area (Å²) in [5.74, 6) is -0.0251. The Morgan fingerprint density at radius 1 is 1.41 bits per heavy atom. The van der Waals surface area contributed by atoms with Crippen molar-refractivity contribution < 1.29 is 9.13 Å². The molecule has 0 aromatic heterocycles. The van der Waals surface area contributed by atoms with E-state index in [0.29, 0.717) is 19.8 Å². The topological polar surface area (TPSA) is 35.2 Å². The van der Waals surface area contributed by atoms with Crippen LogP contribution in [0.4, 0.5) is 4.39 Å². The summed E-state index contributed by atoms with van der Waals surface area (Å²) in [6.45, 7) is 3.49. The van der Waals surface area contributed by atoms with Crippen LogP contribution in [0.5, 0.6) is 0 Å². The van der Waals surface area contributed by atoms with E-state index in [-0.39, 0.29) is 5.92 Å². The van der Waals surface area contributed by atoms with E-state index in [2.05, 4.69) is 0 Å². The van der Waals surface area contributed by atoms with Crippen molar-refractivity contribution >= 4 is 0 Å². The third-order valence-electron chi connectivity index (χ3n) is 3.65. The third kappa shape index (κ3) is 2.67. The van der Waals surface area contributed by atoms with Gasteiger partial charge >= 0.3 is 0 Å². The van der Waals surface area contributed by atoms with Gasteiger partial charge in [0.25, 0.3) is 0 Å². The summed E-state index contributed by atoms with van der Waals surface area (Å²) in [7, 11) is 0. The van der Waals surface area contributed by atoms with Gasteiger partial charge in [0.1, 0.15) is 5.67 Å². The summed E-state index contributed by atoms with van der Waals surface area (Å²) in [6, 6.07) is 7.69. The average Bonchev–Trinajstić information content (AvgIpc) is 2.84. The highest BCUT2D eigenvalue weighted by atomic mass is 19.1. The number of halogens is 1. The van der Waals surface area contributed by atoms with Gasteiger partial charge in [-0.1, -0.05) is 24.3 Å². The van der Waals surface area contributed by atoms with Crippen molar-refractivity contribution in [1.29, 1.82) is 0 Å². The molecule has 0 aliphatic carbocycles. The van der Waals surface area contributed by atoms with Crippen molar-refractivity contribution in [3.63, 3.8) is 0 Å². The fraction of sp³-hybridized carbons (Fsp3) is 0.571. The zero-order valence-electron chi connectivity index (χ0n) is 10.3. The summed E-state index contributed by atoms with van der Waals surface area (Å²) in [4.78, 5) is 0. The maximum atomic E-state index is 14.7. The molecular formula is C14H20FNO. The van der Waals surface area contributed by atoms with Crippen molar-refractivity contribution in [2.24, 2.45) is 11.7 Å². The number of hydrogen-bond donors (Lipinski definition) is 1. The zero-order valence-corrected chi connectivity index (χ0v) is 10.3. The Morgan fingerprint density at radius 3 is 2.65 bits per heavy atom. The molecule has 1 heterocycles. The lowest BCUT2D eigenvalue weighted by atomic mass is 9.83. The molecule has 94 valence electrons. The van der Waals surface area contributed by atoms with Gasteiger partial charge < -0.3 is 10.5 Å². The first kappa shape index (κ1) is 12.5. The fourth-order valence-corrected chi connectivity index (χ4v) is 2.36. The number of nitrogens with two attached hydrogens (primary N) is 1. The minimum Gasteiger partial charge on any atom is -0.381 e. The van der Waals surface area contributed by atoms with Crippen LogP contribution in [0.1, 0.15) is 24.5 Å². The van der Waals surface area contributed by atoms with Crippen LogP contribution in [-0.4, -0.2) is 19.8 Å². The SMILES string of the molecule is CC(F)(c1ccc(CCN)cc1)C1CCOC1. The van der Waals surface area contributed by atoms with Gasteiger partial charge in [0.15, 0.2) is 0 Å². The quantitative estimate of drug-likeness (QED) is 0.872. The highest BCUT2D eigenvalue weighted by Gasteiger charge is 2.38. The van der Waals surface area contributed by atoms with Crippen molar-refractivity contribution in [2.45, 2.75) is 25.4 Å². The Bertz CT molecular complexity index is 355. The summed E-state index contributed by atoms with van der Waals surface area (Å²) in [5, 5.41) is 0. The van der Waals surface area contributed by atoms with E-state index < -0.39 is 5.67 Å². The lowest BCUT2D eigenvalue weighted by Gasteiger charge is -2.26. The highest BCUT2D eigenvalue weighted by Crippen LogP contribution is 2.38. The molecule has 1 aromatic carbocycles. The first-order chi connectivity index (χ1) is 8.14. The van der Waals surface area contributed by atoms with Crippen LogP contribution in [0.25, 0.3) is 0 Å². The molecule has 1 aliphatic rings. The molecule has 1 aromatic rings. The Hall–Kier alpha value is -0.930. The van der Waals surface area contributed by atoms with E-state index in [1.165, 1.54) is 0 Å². The molecule has 2 atom stereocenters. The van der Waals surface area contributed by atoms with Crippen LogP contribution in [0.15, 0.2) is 24.3 Å². The lowest BCUT2D eigenvalue weighted by Crippen LogP contribution is -2.27. The minimum absolute atomic E-state index is 0.0251. The van der Waals surface area contributed by atoms with Gasteiger partial charge in [0, 0.05) is 12.5 Å². The van der Waals surface area contributed by atoms with E-state index in [9.17, 15) is 4.39 Å². The molecule has 0 saturated carbocycles. The molecule has 0 radical (unpaired) electrons. The molecule has 3 heteroatoms. The molecule has 2 rings (SSSR count). The Balaban J connectivity index is 2.14. The normalized spacial score (nSPS) is 23.6. The average molecular weight is 237 g/mol. The molecule has 0 spiro atoms. The maximum Gasteiger partial charge on any atom is 0.138 e. The second-order valence-corrected chi connectivity index (χ2v) is 4.87. The van der Waals surface area contributed by atoms with Gasteiger partial charge in [0.2, 0.25) is 0 Å². The number of hydrogen-bond acceptors (Lipinski definition) is 2. The second-order valence-electron chi connectivity index (χ2n) is 4.87. The van der Waals surface area contributed by atoms with Crippen molar-refractivity contribution in [2.75, 3.05) is 19.8 Å². The van der Waals surface area contributed by atoms with Crippen LogP contribution in [0.2, 0.25) is 0 Å². The predicted molar refractivity (Wildman–Crippen MR) is 66.6 cm³/mol. The predicted octanol–water partition coefficient (Wildman–Crippen LogP) is 2.41. The molecule has 2 N–H and O–H groups in total. The van der Waals surface area contributed by atoms with Gasteiger partial charge in [-0.2, -0.15) is 0 Å². The standard InChI is InChI=1S/C14H20FNO/c1-14(15,13-7-9-17-10-13)12-4-2-11(3-5-12)6-8-16/h2-5,13H,6-10,16H2,1H3.